The Bertz CT molecular complexity index is 331. The number of aliphatic carboxylic acids is 1. The van der Waals surface area contributed by atoms with Crippen LogP contribution in [0.4, 0.5) is 0 Å². The Morgan fingerprint density at radius 3 is 3.00 bits per heavy atom. The molecule has 1 aliphatic heterocycles. The molecule has 1 aliphatic rings. The van der Waals surface area contributed by atoms with Crippen LogP contribution >= 0.6 is 0 Å². The lowest BCUT2D eigenvalue weighted by Gasteiger charge is -2.00. The first-order valence-electron chi connectivity index (χ1n) is 3.80. The van der Waals surface area contributed by atoms with E-state index in [1.54, 1.807) is 0 Å². The van der Waals surface area contributed by atoms with Gasteiger partial charge in [-0.25, -0.2) is 0 Å². The maximum Gasteiger partial charge on any atom is 0.308 e. The molecule has 0 fully saturated rings. The number of carboxylic acid groups (broad SMARTS) is 1. The molecule has 0 amide bonds. The number of rotatable bonds is 1. The molecule has 0 aromatic carbocycles. The van der Waals surface area contributed by atoms with Crippen molar-refractivity contribution in [1.29, 1.82) is 0 Å². The number of hydrogen-bond donors (Lipinski definition) is 1. The number of carboxylic acids is 1. The second-order valence-electron chi connectivity index (χ2n) is 3.01. The van der Waals surface area contributed by atoms with E-state index in [0.717, 1.165) is 11.6 Å². The van der Waals surface area contributed by atoms with Crippen LogP contribution in [0.5, 0.6) is 0 Å². The molecule has 5 nitrogen and oxygen atoms in total. The van der Waals surface area contributed by atoms with Crippen molar-refractivity contribution >= 4 is 5.97 Å². The fourth-order valence-electron chi connectivity index (χ4n) is 1.48. The molecule has 2 rings (SSSR count). The lowest BCUT2D eigenvalue weighted by molar-refractivity contribution is -0.141. The first-order valence-corrected chi connectivity index (χ1v) is 3.80. The monoisotopic (exact) mass is 167 g/mol. The third-order valence-corrected chi connectivity index (χ3v) is 2.19. The Morgan fingerprint density at radius 1 is 1.67 bits per heavy atom. The van der Waals surface area contributed by atoms with E-state index in [1.807, 2.05) is 11.5 Å². The number of nitrogens with zero attached hydrogens (tertiary/aromatic N) is 3. The summed E-state index contributed by atoms with van der Waals surface area (Å²) in [7, 11) is 0. The molecule has 1 aromatic rings. The Kier molecular flexibility index (Phi) is 1.39. The number of fused-ring (bicyclic) bond motifs is 1. The van der Waals surface area contributed by atoms with Crippen LogP contribution in [0.1, 0.15) is 11.6 Å². The van der Waals surface area contributed by atoms with Gasteiger partial charge >= 0.3 is 5.97 Å². The second-order valence-corrected chi connectivity index (χ2v) is 3.01. The first kappa shape index (κ1) is 7.27. The van der Waals surface area contributed by atoms with E-state index in [-0.39, 0.29) is 5.92 Å². The molecule has 0 saturated heterocycles. The van der Waals surface area contributed by atoms with E-state index in [1.165, 1.54) is 0 Å². The molecule has 1 unspecified atom stereocenters. The van der Waals surface area contributed by atoms with Crippen molar-refractivity contribution < 1.29 is 9.90 Å². The summed E-state index contributed by atoms with van der Waals surface area (Å²) < 4.78 is 1.86. The van der Waals surface area contributed by atoms with Gasteiger partial charge < -0.3 is 9.67 Å². The molecule has 0 radical (unpaired) electrons. The number of hydrogen-bond acceptors (Lipinski definition) is 3. The summed E-state index contributed by atoms with van der Waals surface area (Å²) >= 11 is 0. The van der Waals surface area contributed by atoms with E-state index >= 15 is 0 Å². The zero-order valence-electron chi connectivity index (χ0n) is 6.69. The summed E-state index contributed by atoms with van der Waals surface area (Å²) in [5.74, 6) is 0.530. The van der Waals surface area contributed by atoms with Gasteiger partial charge in [-0.15, -0.1) is 10.2 Å². The summed E-state index contributed by atoms with van der Waals surface area (Å²) in [4.78, 5) is 10.6. The molecule has 0 saturated carbocycles. The van der Waals surface area contributed by atoms with Crippen molar-refractivity contribution in [2.45, 2.75) is 19.9 Å². The molecule has 12 heavy (non-hydrogen) atoms. The van der Waals surface area contributed by atoms with Crippen LogP contribution in [0.3, 0.4) is 0 Å². The third-order valence-electron chi connectivity index (χ3n) is 2.19. The first-order chi connectivity index (χ1) is 5.68. The average Bonchev–Trinajstić information content (AvgIpc) is 2.53. The summed E-state index contributed by atoms with van der Waals surface area (Å²) in [6, 6.07) is 0. The lowest BCUT2D eigenvalue weighted by atomic mass is 10.1. The topological polar surface area (TPSA) is 68.0 Å². The van der Waals surface area contributed by atoms with Gasteiger partial charge in [0.2, 0.25) is 0 Å². The molecule has 5 heteroatoms. The van der Waals surface area contributed by atoms with Crippen molar-refractivity contribution in [2.75, 3.05) is 0 Å². The van der Waals surface area contributed by atoms with E-state index in [2.05, 4.69) is 10.2 Å². The number of aryl methyl sites for hydroxylation is 1. The molecule has 0 spiro atoms. The van der Waals surface area contributed by atoms with E-state index < -0.39 is 5.97 Å². The highest BCUT2D eigenvalue weighted by Crippen LogP contribution is 2.19. The molecule has 1 N–H and O–H groups in total. The van der Waals surface area contributed by atoms with Crippen LogP contribution in [-0.4, -0.2) is 25.8 Å². The minimum Gasteiger partial charge on any atom is -0.481 e. The minimum absolute atomic E-state index is 0.311. The van der Waals surface area contributed by atoms with Crippen molar-refractivity contribution in [3.63, 3.8) is 0 Å². The van der Waals surface area contributed by atoms with E-state index in [0.29, 0.717) is 13.0 Å². The van der Waals surface area contributed by atoms with Crippen LogP contribution in [0, 0.1) is 12.8 Å². The Hall–Kier alpha value is -1.39. The molecule has 1 atom stereocenters. The Labute approximate surface area is 69.0 Å². The number of carbonyl (C=O) groups is 1. The van der Waals surface area contributed by atoms with Gasteiger partial charge in [0, 0.05) is 13.0 Å². The highest BCUT2D eigenvalue weighted by Gasteiger charge is 2.29. The molecule has 0 bridgehead atoms. The predicted molar refractivity (Wildman–Crippen MR) is 39.6 cm³/mol. The van der Waals surface area contributed by atoms with Crippen LogP contribution in [0.2, 0.25) is 0 Å². The zero-order valence-corrected chi connectivity index (χ0v) is 6.69. The van der Waals surface area contributed by atoms with Crippen molar-refractivity contribution in [2.24, 2.45) is 5.92 Å². The standard InChI is InChI=1S/C7H9N3O2/c1-4-8-9-6-2-5(7(11)12)3-10(4)6/h5H,2-3H2,1H3,(H,11,12). The van der Waals surface area contributed by atoms with Crippen molar-refractivity contribution in [3.05, 3.63) is 11.6 Å². The van der Waals surface area contributed by atoms with E-state index in [4.69, 9.17) is 5.11 Å². The summed E-state index contributed by atoms with van der Waals surface area (Å²) in [6.45, 7) is 2.35. The lowest BCUT2D eigenvalue weighted by Crippen LogP contribution is -2.15. The van der Waals surface area contributed by atoms with E-state index in [9.17, 15) is 4.79 Å². The maximum absolute atomic E-state index is 10.6. The summed E-state index contributed by atoms with van der Waals surface area (Å²) in [6.07, 6.45) is 0.510. The van der Waals surface area contributed by atoms with Crippen LogP contribution in [0.15, 0.2) is 0 Å². The Balaban J connectivity index is 2.28. The van der Waals surface area contributed by atoms with Gasteiger partial charge in [0.25, 0.3) is 0 Å². The molecule has 0 aliphatic carbocycles. The maximum atomic E-state index is 10.6. The van der Waals surface area contributed by atoms with Crippen LogP contribution < -0.4 is 0 Å². The SMILES string of the molecule is Cc1nnc2n1CC(C(=O)O)C2. The van der Waals surface area contributed by atoms with Gasteiger partial charge in [-0.1, -0.05) is 0 Å². The van der Waals surface area contributed by atoms with Crippen LogP contribution in [0.25, 0.3) is 0 Å². The zero-order chi connectivity index (χ0) is 8.72. The van der Waals surface area contributed by atoms with Gasteiger partial charge in [-0.3, -0.25) is 4.79 Å². The third kappa shape index (κ3) is 0.895. The largest absolute Gasteiger partial charge is 0.481 e. The smallest absolute Gasteiger partial charge is 0.308 e. The normalized spacial score (nSPS) is 20.9. The highest BCUT2D eigenvalue weighted by atomic mass is 16.4. The quantitative estimate of drug-likeness (QED) is 0.631. The molecule has 1 aromatic heterocycles. The Morgan fingerprint density at radius 2 is 2.42 bits per heavy atom. The van der Waals surface area contributed by atoms with Gasteiger partial charge in [0.05, 0.1) is 5.92 Å². The highest BCUT2D eigenvalue weighted by molar-refractivity contribution is 5.70. The van der Waals surface area contributed by atoms with Gasteiger partial charge in [0.15, 0.2) is 0 Å². The molecule has 64 valence electrons. The number of aromatic nitrogens is 3. The predicted octanol–water partition coefficient (Wildman–Crippen LogP) is -0.157. The van der Waals surface area contributed by atoms with Crippen LogP contribution in [-0.2, 0) is 17.8 Å². The molecule has 2 heterocycles. The summed E-state index contributed by atoms with van der Waals surface area (Å²) in [5, 5.41) is 16.5. The molecular weight excluding hydrogens is 158 g/mol. The van der Waals surface area contributed by atoms with Crippen molar-refractivity contribution in [3.8, 4) is 0 Å². The fourth-order valence-corrected chi connectivity index (χ4v) is 1.48. The summed E-state index contributed by atoms with van der Waals surface area (Å²) in [5.41, 5.74) is 0. The fraction of sp³-hybridized carbons (Fsp3) is 0.571. The minimum atomic E-state index is -0.750. The van der Waals surface area contributed by atoms with Gasteiger partial charge in [-0.05, 0) is 6.92 Å². The average molecular weight is 167 g/mol. The molecular formula is C7H9N3O2. The second kappa shape index (κ2) is 2.30. The van der Waals surface area contributed by atoms with Gasteiger partial charge in [-0.2, -0.15) is 0 Å². The van der Waals surface area contributed by atoms with Gasteiger partial charge in [0.1, 0.15) is 11.6 Å². The van der Waals surface area contributed by atoms with Crippen molar-refractivity contribution in [1.82, 2.24) is 14.8 Å².